The SMILES string of the molecule is Cc1ccc(S(=O)(=O)N(CC(=O)N(Cc2ccccc2Cl)C(Cc2ccccc2)C(=O)NC(C)(C)C)c2cccc(C)c2C)cc1. The van der Waals surface area contributed by atoms with E-state index in [4.69, 9.17) is 11.6 Å². The Morgan fingerprint density at radius 2 is 1.46 bits per heavy atom. The molecule has 4 rings (SSSR count). The Hall–Kier alpha value is -4.14. The Balaban J connectivity index is 1.86. The van der Waals surface area contributed by atoms with Gasteiger partial charge in [-0.2, -0.15) is 0 Å². The van der Waals surface area contributed by atoms with Crippen LogP contribution >= 0.6 is 11.6 Å². The van der Waals surface area contributed by atoms with Crippen molar-refractivity contribution in [2.75, 3.05) is 10.8 Å². The minimum atomic E-state index is -4.19. The molecule has 0 aliphatic carbocycles. The quantitative estimate of drug-likeness (QED) is 0.188. The zero-order valence-corrected chi connectivity index (χ0v) is 28.8. The Morgan fingerprint density at radius 1 is 0.826 bits per heavy atom. The second kappa shape index (κ2) is 14.5. The minimum absolute atomic E-state index is 0.00120. The van der Waals surface area contributed by atoms with E-state index in [1.54, 1.807) is 54.6 Å². The monoisotopic (exact) mass is 659 g/mol. The third-order valence-corrected chi connectivity index (χ3v) is 9.94. The summed E-state index contributed by atoms with van der Waals surface area (Å²) in [6, 6.07) is 27.5. The van der Waals surface area contributed by atoms with Gasteiger partial charge in [-0.25, -0.2) is 8.42 Å². The molecule has 0 aliphatic rings. The van der Waals surface area contributed by atoms with Crippen molar-refractivity contribution in [3.63, 3.8) is 0 Å². The number of benzene rings is 4. The van der Waals surface area contributed by atoms with Crippen molar-refractivity contribution < 1.29 is 18.0 Å². The maximum absolute atomic E-state index is 14.7. The number of sulfonamides is 1. The average molecular weight is 660 g/mol. The number of nitrogens with one attached hydrogen (secondary N) is 1. The van der Waals surface area contributed by atoms with E-state index < -0.39 is 34.1 Å². The average Bonchev–Trinajstić information content (AvgIpc) is 3.00. The highest BCUT2D eigenvalue weighted by atomic mass is 35.5. The molecule has 0 fully saturated rings. The highest BCUT2D eigenvalue weighted by Gasteiger charge is 2.36. The van der Waals surface area contributed by atoms with Crippen LogP contribution in [0.5, 0.6) is 0 Å². The van der Waals surface area contributed by atoms with Crippen molar-refractivity contribution in [3.05, 3.63) is 130 Å². The number of hydrogen-bond donors (Lipinski definition) is 1. The van der Waals surface area contributed by atoms with Gasteiger partial charge in [0.2, 0.25) is 11.8 Å². The number of carbonyl (C=O) groups excluding carboxylic acids is 2. The lowest BCUT2D eigenvalue weighted by Gasteiger charge is -2.35. The van der Waals surface area contributed by atoms with Crippen molar-refractivity contribution in [3.8, 4) is 0 Å². The predicted octanol–water partition coefficient (Wildman–Crippen LogP) is 7.02. The molecule has 7 nitrogen and oxygen atoms in total. The molecular formula is C37H42ClN3O4S. The van der Waals surface area contributed by atoms with Gasteiger partial charge < -0.3 is 10.2 Å². The zero-order valence-electron chi connectivity index (χ0n) is 27.2. The van der Waals surface area contributed by atoms with Crippen LogP contribution in [0.3, 0.4) is 0 Å². The van der Waals surface area contributed by atoms with Crippen LogP contribution < -0.4 is 9.62 Å². The molecule has 0 bridgehead atoms. The van der Waals surface area contributed by atoms with Crippen LogP contribution in [0.2, 0.25) is 5.02 Å². The second-order valence-corrected chi connectivity index (χ2v) is 14.9. The maximum Gasteiger partial charge on any atom is 0.264 e. The fraction of sp³-hybridized carbons (Fsp3) is 0.297. The number of rotatable bonds is 11. The van der Waals surface area contributed by atoms with E-state index in [1.165, 1.54) is 4.90 Å². The third kappa shape index (κ3) is 8.56. The van der Waals surface area contributed by atoms with Crippen molar-refractivity contribution in [2.24, 2.45) is 0 Å². The van der Waals surface area contributed by atoms with Gasteiger partial charge >= 0.3 is 0 Å². The molecule has 1 unspecified atom stereocenters. The highest BCUT2D eigenvalue weighted by Crippen LogP contribution is 2.30. The molecule has 2 amide bonds. The minimum Gasteiger partial charge on any atom is -0.350 e. The lowest BCUT2D eigenvalue weighted by atomic mass is 10.0. The molecule has 1 atom stereocenters. The Bertz CT molecular complexity index is 1790. The Labute approximate surface area is 278 Å². The first-order valence-corrected chi connectivity index (χ1v) is 17.0. The van der Waals surface area contributed by atoms with Crippen molar-refractivity contribution in [1.82, 2.24) is 10.2 Å². The molecule has 46 heavy (non-hydrogen) atoms. The van der Waals surface area contributed by atoms with Crippen molar-refractivity contribution in [1.29, 1.82) is 0 Å². The largest absolute Gasteiger partial charge is 0.350 e. The Kier molecular flexibility index (Phi) is 11.0. The molecule has 0 aromatic heterocycles. The van der Waals surface area contributed by atoms with E-state index >= 15 is 0 Å². The summed E-state index contributed by atoms with van der Waals surface area (Å²) in [5, 5.41) is 3.48. The van der Waals surface area contributed by atoms with Gasteiger partial charge in [-0.3, -0.25) is 13.9 Å². The van der Waals surface area contributed by atoms with Gasteiger partial charge in [0.05, 0.1) is 10.6 Å². The summed E-state index contributed by atoms with van der Waals surface area (Å²) in [5.41, 5.74) is 3.83. The fourth-order valence-corrected chi connectivity index (χ4v) is 6.84. The second-order valence-electron chi connectivity index (χ2n) is 12.6. The smallest absolute Gasteiger partial charge is 0.264 e. The summed E-state index contributed by atoms with van der Waals surface area (Å²) in [6.07, 6.45) is 0.215. The van der Waals surface area contributed by atoms with Crippen LogP contribution in [0.25, 0.3) is 0 Å². The van der Waals surface area contributed by atoms with Gasteiger partial charge in [0.25, 0.3) is 10.0 Å². The summed E-state index contributed by atoms with van der Waals surface area (Å²) < 4.78 is 29.8. The van der Waals surface area contributed by atoms with Gasteiger partial charge in [0, 0.05) is 23.5 Å². The van der Waals surface area contributed by atoms with Crippen LogP contribution in [-0.4, -0.2) is 43.3 Å². The summed E-state index contributed by atoms with van der Waals surface area (Å²) in [7, 11) is -4.19. The first-order valence-electron chi connectivity index (χ1n) is 15.2. The van der Waals surface area contributed by atoms with Gasteiger partial charge in [0.15, 0.2) is 0 Å². The standard InChI is InChI=1S/C37H42ClN3O4S/c1-26-19-21-31(22-20-26)46(44,45)41(33-18-12-13-27(2)28(33)3)25-35(42)40(24-30-16-10-11-17-32(30)38)34(36(43)39-37(4,5)6)23-29-14-8-7-9-15-29/h7-22,34H,23-25H2,1-6H3,(H,39,43). The molecule has 0 radical (unpaired) electrons. The number of amides is 2. The Morgan fingerprint density at radius 3 is 2.09 bits per heavy atom. The lowest BCUT2D eigenvalue weighted by molar-refractivity contribution is -0.140. The van der Waals surface area contributed by atoms with Crippen molar-refractivity contribution >= 4 is 39.1 Å². The molecule has 0 heterocycles. The number of carbonyl (C=O) groups is 2. The van der Waals surface area contributed by atoms with Crippen molar-refractivity contribution in [2.45, 2.75) is 71.0 Å². The summed E-state index contributed by atoms with van der Waals surface area (Å²) in [5.74, 6) is -0.891. The van der Waals surface area contributed by atoms with E-state index in [0.29, 0.717) is 16.3 Å². The molecule has 9 heteroatoms. The number of aryl methyl sites for hydroxylation is 2. The molecule has 4 aromatic rings. The maximum atomic E-state index is 14.7. The zero-order chi connectivity index (χ0) is 33.6. The summed E-state index contributed by atoms with van der Waals surface area (Å²) in [4.78, 5) is 30.2. The highest BCUT2D eigenvalue weighted by molar-refractivity contribution is 7.92. The summed E-state index contributed by atoms with van der Waals surface area (Å²) >= 11 is 6.58. The van der Waals surface area contributed by atoms with E-state index in [1.807, 2.05) is 84.0 Å². The number of anilines is 1. The van der Waals surface area contributed by atoms with Gasteiger partial charge in [-0.1, -0.05) is 90.0 Å². The van der Waals surface area contributed by atoms with E-state index in [-0.39, 0.29) is 23.8 Å². The van der Waals surface area contributed by atoms with Crippen LogP contribution in [0.1, 0.15) is 48.6 Å². The molecule has 0 aliphatic heterocycles. The number of hydrogen-bond acceptors (Lipinski definition) is 4. The molecule has 242 valence electrons. The van der Waals surface area contributed by atoms with Gasteiger partial charge in [-0.15, -0.1) is 0 Å². The normalized spacial score (nSPS) is 12.3. The molecule has 4 aromatic carbocycles. The molecule has 0 spiro atoms. The molecule has 1 N–H and O–H groups in total. The first kappa shape index (κ1) is 34.7. The van der Waals surface area contributed by atoms with Crippen LogP contribution in [0.15, 0.2) is 102 Å². The van der Waals surface area contributed by atoms with Gasteiger partial charge in [0.1, 0.15) is 12.6 Å². The number of halogens is 1. The molecular weight excluding hydrogens is 618 g/mol. The van der Waals surface area contributed by atoms with E-state index in [2.05, 4.69) is 5.32 Å². The number of nitrogens with zero attached hydrogens (tertiary/aromatic N) is 2. The topological polar surface area (TPSA) is 86.8 Å². The predicted molar refractivity (Wildman–Crippen MR) is 185 cm³/mol. The third-order valence-electron chi connectivity index (χ3n) is 7.80. The van der Waals surface area contributed by atoms with E-state index in [0.717, 1.165) is 26.6 Å². The van der Waals surface area contributed by atoms with Crippen LogP contribution in [0.4, 0.5) is 5.69 Å². The van der Waals surface area contributed by atoms with Crippen LogP contribution in [-0.2, 0) is 32.6 Å². The first-order chi connectivity index (χ1) is 21.7. The van der Waals surface area contributed by atoms with Gasteiger partial charge in [-0.05, 0) is 88.1 Å². The molecule has 0 saturated heterocycles. The van der Waals surface area contributed by atoms with E-state index in [9.17, 15) is 18.0 Å². The summed E-state index contributed by atoms with van der Waals surface area (Å²) in [6.45, 7) is 10.7. The van der Waals surface area contributed by atoms with Crippen LogP contribution in [0, 0.1) is 20.8 Å². The lowest BCUT2D eigenvalue weighted by Crippen LogP contribution is -2.56. The fourth-order valence-electron chi connectivity index (χ4n) is 5.17. The molecule has 0 saturated carbocycles.